The summed E-state index contributed by atoms with van der Waals surface area (Å²) < 4.78 is 0. The number of rotatable bonds is 3. The van der Waals surface area contributed by atoms with Crippen molar-refractivity contribution < 1.29 is 9.59 Å². The standard InChI is InChI=1S/C18H25N3O2/c1-3-19-8-10-20(11-9-19)18(23)15-12-17(22)21(13-15)16-6-4-14(2)5-7-16/h4-7,15H,3,8-13H2,1-2H3/t15-/m0/s1. The second kappa shape index (κ2) is 6.71. The Labute approximate surface area is 137 Å². The van der Waals surface area contributed by atoms with E-state index in [1.54, 1.807) is 4.90 Å². The molecule has 0 aromatic heterocycles. The SMILES string of the molecule is CCN1CCN(C(=O)[C@H]2CC(=O)N(c3ccc(C)cc3)C2)CC1. The maximum absolute atomic E-state index is 12.7. The molecule has 2 amide bonds. The zero-order valence-corrected chi connectivity index (χ0v) is 14.0. The van der Waals surface area contributed by atoms with E-state index in [2.05, 4.69) is 11.8 Å². The number of carbonyl (C=O) groups is 2. The first-order valence-corrected chi connectivity index (χ1v) is 8.46. The monoisotopic (exact) mass is 315 g/mol. The largest absolute Gasteiger partial charge is 0.340 e. The van der Waals surface area contributed by atoms with Crippen molar-refractivity contribution in [2.75, 3.05) is 44.2 Å². The summed E-state index contributed by atoms with van der Waals surface area (Å²) >= 11 is 0. The van der Waals surface area contributed by atoms with Crippen LogP contribution in [0.15, 0.2) is 24.3 Å². The molecular formula is C18H25N3O2. The molecule has 5 nitrogen and oxygen atoms in total. The van der Waals surface area contributed by atoms with Crippen molar-refractivity contribution in [3.05, 3.63) is 29.8 Å². The Morgan fingerprint density at radius 3 is 2.39 bits per heavy atom. The van der Waals surface area contributed by atoms with Gasteiger partial charge in [0.1, 0.15) is 0 Å². The fraction of sp³-hybridized carbons (Fsp3) is 0.556. The lowest BCUT2D eigenvalue weighted by atomic mass is 10.1. The van der Waals surface area contributed by atoms with Gasteiger partial charge in [-0.25, -0.2) is 0 Å². The fourth-order valence-corrected chi connectivity index (χ4v) is 3.39. The first-order valence-electron chi connectivity index (χ1n) is 8.46. The van der Waals surface area contributed by atoms with Crippen LogP contribution in [0.4, 0.5) is 5.69 Å². The highest BCUT2D eigenvalue weighted by Gasteiger charge is 2.37. The van der Waals surface area contributed by atoms with Crippen molar-refractivity contribution in [1.29, 1.82) is 0 Å². The molecule has 0 aliphatic carbocycles. The molecule has 5 heteroatoms. The molecule has 2 heterocycles. The van der Waals surface area contributed by atoms with Crippen molar-refractivity contribution in [1.82, 2.24) is 9.80 Å². The number of anilines is 1. The maximum Gasteiger partial charge on any atom is 0.228 e. The van der Waals surface area contributed by atoms with Gasteiger partial charge in [-0.3, -0.25) is 9.59 Å². The Kier molecular flexibility index (Phi) is 4.66. The number of likely N-dealkylation sites (N-methyl/N-ethyl adjacent to an activating group) is 1. The van der Waals surface area contributed by atoms with Crippen molar-refractivity contribution >= 4 is 17.5 Å². The number of hydrogen-bond donors (Lipinski definition) is 0. The summed E-state index contributed by atoms with van der Waals surface area (Å²) in [6, 6.07) is 7.92. The summed E-state index contributed by atoms with van der Waals surface area (Å²) in [4.78, 5) is 31.0. The lowest BCUT2D eigenvalue weighted by Crippen LogP contribution is -2.50. The van der Waals surface area contributed by atoms with Crippen molar-refractivity contribution in [2.24, 2.45) is 5.92 Å². The molecule has 124 valence electrons. The van der Waals surface area contributed by atoms with Crippen molar-refractivity contribution in [2.45, 2.75) is 20.3 Å². The Hall–Kier alpha value is -1.88. The van der Waals surface area contributed by atoms with Crippen LogP contribution in [0.3, 0.4) is 0 Å². The average molecular weight is 315 g/mol. The molecule has 0 unspecified atom stereocenters. The van der Waals surface area contributed by atoms with Crippen LogP contribution in [0.5, 0.6) is 0 Å². The second-order valence-electron chi connectivity index (χ2n) is 6.50. The van der Waals surface area contributed by atoms with Gasteiger partial charge in [-0.2, -0.15) is 0 Å². The van der Waals surface area contributed by atoms with E-state index in [1.165, 1.54) is 5.56 Å². The molecule has 3 rings (SSSR count). The number of aryl methyl sites for hydroxylation is 1. The number of nitrogens with zero attached hydrogens (tertiary/aromatic N) is 3. The molecule has 0 spiro atoms. The summed E-state index contributed by atoms with van der Waals surface area (Å²) in [5.74, 6) is 0.0000848. The highest BCUT2D eigenvalue weighted by molar-refractivity contribution is 6.00. The Bertz CT molecular complexity index is 576. The van der Waals surface area contributed by atoms with Gasteiger partial charge in [-0.05, 0) is 25.6 Å². The van der Waals surface area contributed by atoms with E-state index < -0.39 is 0 Å². The minimum Gasteiger partial charge on any atom is -0.340 e. The fourth-order valence-electron chi connectivity index (χ4n) is 3.39. The first-order chi connectivity index (χ1) is 11.1. The molecule has 0 saturated carbocycles. The van der Waals surface area contributed by atoms with E-state index in [0.717, 1.165) is 38.4 Å². The lowest BCUT2D eigenvalue weighted by Gasteiger charge is -2.35. The number of amides is 2. The predicted octanol–water partition coefficient (Wildman–Crippen LogP) is 1.51. The number of piperazine rings is 1. The Morgan fingerprint density at radius 1 is 1.13 bits per heavy atom. The third-order valence-corrected chi connectivity index (χ3v) is 4.95. The van der Waals surface area contributed by atoms with Crippen LogP contribution in [0, 0.1) is 12.8 Å². The zero-order chi connectivity index (χ0) is 16.4. The Morgan fingerprint density at radius 2 is 1.78 bits per heavy atom. The van der Waals surface area contributed by atoms with Gasteiger partial charge >= 0.3 is 0 Å². The molecule has 1 aromatic carbocycles. The first kappa shape index (κ1) is 16.0. The summed E-state index contributed by atoms with van der Waals surface area (Å²) in [6.07, 6.45) is 0.334. The highest BCUT2D eigenvalue weighted by Crippen LogP contribution is 2.26. The van der Waals surface area contributed by atoms with Gasteiger partial charge in [0, 0.05) is 44.8 Å². The van der Waals surface area contributed by atoms with E-state index in [0.29, 0.717) is 13.0 Å². The van der Waals surface area contributed by atoms with E-state index in [9.17, 15) is 9.59 Å². The predicted molar refractivity (Wildman–Crippen MR) is 90.3 cm³/mol. The van der Waals surface area contributed by atoms with Gasteiger partial charge in [0.15, 0.2) is 0 Å². The van der Waals surface area contributed by atoms with Gasteiger partial charge < -0.3 is 14.7 Å². The summed E-state index contributed by atoms with van der Waals surface area (Å²) in [7, 11) is 0. The molecular weight excluding hydrogens is 290 g/mol. The van der Waals surface area contributed by atoms with Crippen LogP contribution in [0.25, 0.3) is 0 Å². The van der Waals surface area contributed by atoms with Crippen LogP contribution in [0.1, 0.15) is 18.9 Å². The summed E-state index contributed by atoms with van der Waals surface area (Å²) in [5.41, 5.74) is 2.06. The van der Waals surface area contributed by atoms with Crippen molar-refractivity contribution in [3.63, 3.8) is 0 Å². The lowest BCUT2D eigenvalue weighted by molar-refractivity contribution is -0.137. The molecule has 2 fully saturated rings. The molecule has 1 atom stereocenters. The smallest absolute Gasteiger partial charge is 0.228 e. The summed E-state index contributed by atoms with van der Waals surface area (Å²) in [6.45, 7) is 9.14. The molecule has 2 aliphatic rings. The van der Waals surface area contributed by atoms with Crippen LogP contribution < -0.4 is 4.90 Å². The minimum absolute atomic E-state index is 0.0550. The van der Waals surface area contributed by atoms with Crippen LogP contribution in [-0.4, -0.2) is 60.9 Å². The number of hydrogen-bond acceptors (Lipinski definition) is 3. The second-order valence-corrected chi connectivity index (χ2v) is 6.50. The molecule has 0 radical (unpaired) electrons. The van der Waals surface area contributed by atoms with E-state index in [4.69, 9.17) is 0 Å². The third kappa shape index (κ3) is 3.39. The number of benzene rings is 1. The van der Waals surface area contributed by atoms with Gasteiger partial charge in [-0.15, -0.1) is 0 Å². The minimum atomic E-state index is -0.197. The van der Waals surface area contributed by atoms with E-state index in [1.807, 2.05) is 36.1 Å². The maximum atomic E-state index is 12.7. The zero-order valence-electron chi connectivity index (χ0n) is 14.0. The van der Waals surface area contributed by atoms with E-state index in [-0.39, 0.29) is 17.7 Å². The summed E-state index contributed by atoms with van der Waals surface area (Å²) in [5, 5.41) is 0. The van der Waals surface area contributed by atoms with Gasteiger partial charge in [0.25, 0.3) is 0 Å². The molecule has 0 N–H and O–H groups in total. The highest BCUT2D eigenvalue weighted by atomic mass is 16.2. The molecule has 2 aliphatic heterocycles. The van der Waals surface area contributed by atoms with Gasteiger partial charge in [0.05, 0.1) is 5.92 Å². The topological polar surface area (TPSA) is 43.9 Å². The molecule has 23 heavy (non-hydrogen) atoms. The quantitative estimate of drug-likeness (QED) is 0.849. The molecule has 2 saturated heterocycles. The molecule has 1 aromatic rings. The van der Waals surface area contributed by atoms with Crippen LogP contribution in [0.2, 0.25) is 0 Å². The molecule has 0 bridgehead atoms. The van der Waals surface area contributed by atoms with Crippen LogP contribution in [-0.2, 0) is 9.59 Å². The Balaban J connectivity index is 1.63. The number of carbonyl (C=O) groups excluding carboxylic acids is 2. The van der Waals surface area contributed by atoms with Gasteiger partial charge in [-0.1, -0.05) is 24.6 Å². The normalized spacial score (nSPS) is 22.7. The van der Waals surface area contributed by atoms with Crippen LogP contribution >= 0.6 is 0 Å². The van der Waals surface area contributed by atoms with E-state index >= 15 is 0 Å². The van der Waals surface area contributed by atoms with Crippen molar-refractivity contribution in [3.8, 4) is 0 Å². The van der Waals surface area contributed by atoms with Gasteiger partial charge in [0.2, 0.25) is 11.8 Å². The third-order valence-electron chi connectivity index (χ3n) is 4.95. The average Bonchev–Trinajstić information content (AvgIpc) is 2.97.